The Morgan fingerprint density at radius 3 is 2.42 bits per heavy atom. The first kappa shape index (κ1) is 13.1. The highest BCUT2D eigenvalue weighted by atomic mass is 16.6. The molecule has 0 aliphatic heterocycles. The minimum absolute atomic E-state index is 0.457. The minimum atomic E-state index is -0.500. The highest BCUT2D eigenvalue weighted by Gasteiger charge is 2.16. The number of amides is 1. The first-order valence-corrected chi connectivity index (χ1v) is 6.04. The Kier molecular flexibility index (Phi) is 3.55. The summed E-state index contributed by atoms with van der Waals surface area (Å²) in [6.45, 7) is 5.48. The van der Waals surface area contributed by atoms with Crippen molar-refractivity contribution in [1.82, 2.24) is 10.2 Å². The van der Waals surface area contributed by atoms with Crippen LogP contribution in [0.15, 0.2) is 36.5 Å². The first-order chi connectivity index (χ1) is 8.94. The van der Waals surface area contributed by atoms with Gasteiger partial charge in [0.05, 0.1) is 5.69 Å². The SMILES string of the molecule is CC(C)(C)OC(=O)Nc1ccc(-c2ccn[nH]2)cc1. The summed E-state index contributed by atoms with van der Waals surface area (Å²) in [7, 11) is 0. The molecule has 0 spiro atoms. The number of nitrogens with one attached hydrogen (secondary N) is 2. The average molecular weight is 259 g/mol. The smallest absolute Gasteiger partial charge is 0.412 e. The molecule has 0 atom stereocenters. The molecule has 5 nitrogen and oxygen atoms in total. The molecular formula is C14H17N3O2. The van der Waals surface area contributed by atoms with Crippen LogP contribution in [0.5, 0.6) is 0 Å². The van der Waals surface area contributed by atoms with E-state index < -0.39 is 11.7 Å². The normalized spacial score (nSPS) is 11.1. The zero-order valence-electron chi connectivity index (χ0n) is 11.2. The summed E-state index contributed by atoms with van der Waals surface area (Å²) in [6, 6.07) is 9.33. The minimum Gasteiger partial charge on any atom is -0.444 e. The van der Waals surface area contributed by atoms with Gasteiger partial charge in [0.2, 0.25) is 0 Å². The second-order valence-corrected chi connectivity index (χ2v) is 5.17. The number of aromatic nitrogens is 2. The number of rotatable bonds is 2. The number of carbonyl (C=O) groups is 1. The lowest BCUT2D eigenvalue weighted by molar-refractivity contribution is 0.0636. The van der Waals surface area contributed by atoms with Crippen LogP contribution in [0.1, 0.15) is 20.8 Å². The van der Waals surface area contributed by atoms with Crippen molar-refractivity contribution in [2.45, 2.75) is 26.4 Å². The Labute approximate surface area is 112 Å². The third-order valence-corrected chi connectivity index (χ3v) is 2.34. The van der Waals surface area contributed by atoms with E-state index in [1.807, 2.05) is 51.1 Å². The van der Waals surface area contributed by atoms with Crippen LogP contribution in [0, 0.1) is 0 Å². The molecule has 1 heterocycles. The van der Waals surface area contributed by atoms with Gasteiger partial charge in [0.25, 0.3) is 0 Å². The van der Waals surface area contributed by atoms with Gasteiger partial charge in [-0.05, 0) is 44.5 Å². The quantitative estimate of drug-likeness (QED) is 0.868. The summed E-state index contributed by atoms with van der Waals surface area (Å²) in [5.74, 6) is 0. The number of benzene rings is 1. The maximum Gasteiger partial charge on any atom is 0.412 e. The van der Waals surface area contributed by atoms with Crippen LogP contribution in [0.2, 0.25) is 0 Å². The summed E-state index contributed by atoms with van der Waals surface area (Å²) in [4.78, 5) is 11.6. The largest absolute Gasteiger partial charge is 0.444 e. The molecular weight excluding hydrogens is 242 g/mol. The molecule has 2 N–H and O–H groups in total. The molecule has 0 aliphatic rings. The molecule has 0 unspecified atom stereocenters. The lowest BCUT2D eigenvalue weighted by Gasteiger charge is -2.19. The monoisotopic (exact) mass is 259 g/mol. The van der Waals surface area contributed by atoms with E-state index in [0.29, 0.717) is 5.69 Å². The van der Waals surface area contributed by atoms with Crippen molar-refractivity contribution in [3.63, 3.8) is 0 Å². The number of ether oxygens (including phenoxy) is 1. The Morgan fingerprint density at radius 2 is 1.89 bits per heavy atom. The Bertz CT molecular complexity index is 539. The Hall–Kier alpha value is -2.30. The summed E-state index contributed by atoms with van der Waals surface area (Å²) in [5.41, 5.74) is 2.13. The molecule has 100 valence electrons. The van der Waals surface area contributed by atoms with Crippen molar-refractivity contribution in [3.05, 3.63) is 36.5 Å². The van der Waals surface area contributed by atoms with Crippen LogP contribution in [0.3, 0.4) is 0 Å². The topological polar surface area (TPSA) is 67.0 Å². The van der Waals surface area contributed by atoms with Crippen molar-refractivity contribution < 1.29 is 9.53 Å². The van der Waals surface area contributed by atoms with E-state index in [1.54, 1.807) is 6.20 Å². The van der Waals surface area contributed by atoms with Gasteiger partial charge in [-0.15, -0.1) is 0 Å². The number of carbonyl (C=O) groups excluding carboxylic acids is 1. The van der Waals surface area contributed by atoms with Crippen molar-refractivity contribution >= 4 is 11.8 Å². The van der Waals surface area contributed by atoms with Gasteiger partial charge in [0.15, 0.2) is 0 Å². The third-order valence-electron chi connectivity index (χ3n) is 2.34. The maximum absolute atomic E-state index is 11.6. The molecule has 2 rings (SSSR count). The van der Waals surface area contributed by atoms with Crippen LogP contribution in [-0.4, -0.2) is 21.9 Å². The van der Waals surface area contributed by atoms with Crippen LogP contribution < -0.4 is 5.32 Å². The molecule has 19 heavy (non-hydrogen) atoms. The lowest BCUT2D eigenvalue weighted by Crippen LogP contribution is -2.27. The predicted molar refractivity (Wildman–Crippen MR) is 73.9 cm³/mol. The van der Waals surface area contributed by atoms with Gasteiger partial charge in [-0.25, -0.2) is 4.79 Å². The van der Waals surface area contributed by atoms with Gasteiger partial charge in [-0.3, -0.25) is 10.4 Å². The van der Waals surface area contributed by atoms with E-state index in [4.69, 9.17) is 4.74 Å². The summed E-state index contributed by atoms with van der Waals surface area (Å²) in [5, 5.41) is 9.46. The van der Waals surface area contributed by atoms with Crippen LogP contribution in [0.25, 0.3) is 11.3 Å². The molecule has 1 amide bonds. The molecule has 5 heteroatoms. The average Bonchev–Trinajstić information content (AvgIpc) is 2.80. The van der Waals surface area contributed by atoms with Gasteiger partial charge in [-0.1, -0.05) is 12.1 Å². The van der Waals surface area contributed by atoms with Gasteiger partial charge in [-0.2, -0.15) is 5.10 Å². The number of hydrogen-bond donors (Lipinski definition) is 2. The number of aromatic amines is 1. The zero-order chi connectivity index (χ0) is 13.9. The van der Waals surface area contributed by atoms with Gasteiger partial charge in [0.1, 0.15) is 5.60 Å². The van der Waals surface area contributed by atoms with E-state index in [0.717, 1.165) is 11.3 Å². The predicted octanol–water partition coefficient (Wildman–Crippen LogP) is 3.42. The van der Waals surface area contributed by atoms with Crippen molar-refractivity contribution in [2.75, 3.05) is 5.32 Å². The zero-order valence-corrected chi connectivity index (χ0v) is 11.2. The highest BCUT2D eigenvalue weighted by molar-refractivity contribution is 5.85. The molecule has 2 aromatic rings. The molecule has 0 aliphatic carbocycles. The van der Waals surface area contributed by atoms with E-state index in [1.165, 1.54) is 0 Å². The van der Waals surface area contributed by atoms with Crippen molar-refractivity contribution in [2.24, 2.45) is 0 Å². The van der Waals surface area contributed by atoms with Crippen LogP contribution in [-0.2, 0) is 4.74 Å². The molecule has 0 saturated carbocycles. The lowest BCUT2D eigenvalue weighted by atomic mass is 10.1. The van der Waals surface area contributed by atoms with Gasteiger partial charge >= 0.3 is 6.09 Å². The second kappa shape index (κ2) is 5.14. The number of nitrogens with zero attached hydrogens (tertiary/aromatic N) is 1. The van der Waals surface area contributed by atoms with E-state index in [2.05, 4.69) is 15.5 Å². The van der Waals surface area contributed by atoms with Crippen LogP contribution >= 0.6 is 0 Å². The Balaban J connectivity index is 2.01. The van der Waals surface area contributed by atoms with Gasteiger partial charge < -0.3 is 4.74 Å². The maximum atomic E-state index is 11.6. The summed E-state index contributed by atoms with van der Waals surface area (Å²) in [6.07, 6.45) is 1.24. The molecule has 0 bridgehead atoms. The fraction of sp³-hybridized carbons (Fsp3) is 0.286. The Morgan fingerprint density at radius 1 is 1.21 bits per heavy atom. The summed E-state index contributed by atoms with van der Waals surface area (Å²) < 4.78 is 5.18. The molecule has 1 aromatic carbocycles. The number of hydrogen-bond acceptors (Lipinski definition) is 3. The second-order valence-electron chi connectivity index (χ2n) is 5.17. The molecule has 1 aromatic heterocycles. The fourth-order valence-electron chi connectivity index (χ4n) is 1.57. The fourth-order valence-corrected chi connectivity index (χ4v) is 1.57. The van der Waals surface area contributed by atoms with Crippen molar-refractivity contribution in [3.8, 4) is 11.3 Å². The van der Waals surface area contributed by atoms with Crippen LogP contribution in [0.4, 0.5) is 10.5 Å². The first-order valence-electron chi connectivity index (χ1n) is 6.04. The van der Waals surface area contributed by atoms with Gasteiger partial charge in [0, 0.05) is 11.9 Å². The molecule has 0 saturated heterocycles. The molecule has 0 fully saturated rings. The van der Waals surface area contributed by atoms with Crippen molar-refractivity contribution in [1.29, 1.82) is 0 Å². The molecule has 0 radical (unpaired) electrons. The van der Waals surface area contributed by atoms with E-state index in [9.17, 15) is 4.79 Å². The third kappa shape index (κ3) is 3.84. The highest BCUT2D eigenvalue weighted by Crippen LogP contribution is 2.19. The number of H-pyrrole nitrogens is 1. The number of anilines is 1. The van der Waals surface area contributed by atoms with E-state index >= 15 is 0 Å². The summed E-state index contributed by atoms with van der Waals surface area (Å²) >= 11 is 0. The standard InChI is InChI=1S/C14H17N3O2/c1-14(2,3)19-13(18)16-11-6-4-10(5-7-11)12-8-9-15-17-12/h4-9H,1-3H3,(H,15,17)(H,16,18). The van der Waals surface area contributed by atoms with E-state index in [-0.39, 0.29) is 0 Å².